The van der Waals surface area contributed by atoms with E-state index in [1.165, 1.54) is 0 Å². The number of para-hydroxylation sites is 1. The van der Waals surface area contributed by atoms with E-state index < -0.39 is 0 Å². The van der Waals surface area contributed by atoms with Crippen LogP contribution in [0.15, 0.2) is 24.3 Å². The molecule has 0 bridgehead atoms. The van der Waals surface area contributed by atoms with Crippen LogP contribution in [-0.2, 0) is 11.2 Å². The van der Waals surface area contributed by atoms with Crippen molar-refractivity contribution in [1.82, 2.24) is 5.32 Å². The van der Waals surface area contributed by atoms with Crippen molar-refractivity contribution in [2.24, 2.45) is 0 Å². The van der Waals surface area contributed by atoms with Gasteiger partial charge in [0, 0.05) is 24.1 Å². The highest BCUT2D eigenvalue weighted by molar-refractivity contribution is 5.39. The normalized spacial score (nSPS) is 22.1. The second kappa shape index (κ2) is 8.10. The number of benzene rings is 1. The molecule has 0 heterocycles. The van der Waals surface area contributed by atoms with Crippen LogP contribution in [-0.4, -0.2) is 30.2 Å². The molecule has 0 unspecified atom stereocenters. The van der Waals surface area contributed by atoms with Gasteiger partial charge in [-0.05, 0) is 32.2 Å². The predicted octanol–water partition coefficient (Wildman–Crippen LogP) is 3.07. The molecule has 2 rings (SSSR count). The van der Waals surface area contributed by atoms with E-state index in [0.717, 1.165) is 37.8 Å². The molecule has 0 aliphatic heterocycles. The Kier molecular flexibility index (Phi) is 6.14. The summed E-state index contributed by atoms with van der Waals surface area (Å²) in [5.41, 5.74) is 0.945. The quantitative estimate of drug-likeness (QED) is 0.619. The van der Waals surface area contributed by atoms with E-state index in [0.29, 0.717) is 25.2 Å². The minimum absolute atomic E-state index is 0.192. The maximum atomic E-state index is 10.9. The van der Waals surface area contributed by atoms with Gasteiger partial charge in [-0.2, -0.15) is 0 Å². The summed E-state index contributed by atoms with van der Waals surface area (Å²) in [5.74, 6) is 0. The number of nitrogens with zero attached hydrogens (tertiary/aromatic N) is 1. The molecule has 1 aromatic rings. The minimum atomic E-state index is -0.322. The summed E-state index contributed by atoms with van der Waals surface area (Å²) in [7, 11) is 0. The summed E-state index contributed by atoms with van der Waals surface area (Å²) < 4.78 is 5.90. The van der Waals surface area contributed by atoms with Gasteiger partial charge in [0.25, 0.3) is 5.69 Å². The Balaban J connectivity index is 1.74. The van der Waals surface area contributed by atoms with E-state index in [-0.39, 0.29) is 10.6 Å². The fraction of sp³-hybridized carbons (Fsp3) is 0.625. The fourth-order valence-corrected chi connectivity index (χ4v) is 2.96. The van der Waals surface area contributed by atoms with Crippen LogP contribution < -0.4 is 5.32 Å². The zero-order valence-electron chi connectivity index (χ0n) is 12.6. The van der Waals surface area contributed by atoms with Crippen molar-refractivity contribution >= 4 is 5.69 Å². The Morgan fingerprint density at radius 2 is 2.00 bits per heavy atom. The first kappa shape index (κ1) is 15.9. The highest BCUT2D eigenvalue weighted by Crippen LogP contribution is 2.22. The smallest absolute Gasteiger partial charge is 0.272 e. The zero-order chi connectivity index (χ0) is 15.1. The number of hydrogen-bond acceptors (Lipinski definition) is 4. The lowest BCUT2D eigenvalue weighted by Crippen LogP contribution is -2.35. The molecule has 1 saturated carbocycles. The summed E-state index contributed by atoms with van der Waals surface area (Å²) in [4.78, 5) is 10.6. The molecule has 0 saturated heterocycles. The Morgan fingerprint density at radius 1 is 1.29 bits per heavy atom. The molecular weight excluding hydrogens is 268 g/mol. The van der Waals surface area contributed by atoms with Gasteiger partial charge in [-0.1, -0.05) is 25.1 Å². The van der Waals surface area contributed by atoms with Crippen LogP contribution in [0.25, 0.3) is 0 Å². The molecule has 1 aliphatic rings. The van der Waals surface area contributed by atoms with Crippen LogP contribution in [0.2, 0.25) is 0 Å². The van der Waals surface area contributed by atoms with Crippen molar-refractivity contribution in [3.8, 4) is 0 Å². The first-order chi connectivity index (χ1) is 10.2. The average Bonchev–Trinajstić information content (AvgIpc) is 2.50. The molecule has 1 aliphatic carbocycles. The van der Waals surface area contributed by atoms with E-state index >= 15 is 0 Å². The molecule has 1 aromatic carbocycles. The SMILES string of the molecule is CCNC1CCC(OCCc2ccccc2[N+](=O)[O-])CC1. The van der Waals surface area contributed by atoms with Gasteiger partial charge in [0.1, 0.15) is 0 Å². The number of nitro benzene ring substituents is 1. The lowest BCUT2D eigenvalue weighted by Gasteiger charge is -2.29. The Hall–Kier alpha value is -1.46. The topological polar surface area (TPSA) is 64.4 Å². The van der Waals surface area contributed by atoms with Crippen molar-refractivity contribution in [2.45, 2.75) is 51.2 Å². The molecule has 0 spiro atoms. The number of nitrogens with one attached hydrogen (secondary N) is 1. The van der Waals surface area contributed by atoms with Crippen LogP contribution >= 0.6 is 0 Å². The van der Waals surface area contributed by atoms with Gasteiger partial charge in [-0.3, -0.25) is 10.1 Å². The number of nitro groups is 1. The molecule has 0 amide bonds. The van der Waals surface area contributed by atoms with Crippen LogP contribution in [0.3, 0.4) is 0 Å². The second-order valence-corrected chi connectivity index (χ2v) is 5.54. The van der Waals surface area contributed by atoms with Gasteiger partial charge < -0.3 is 10.1 Å². The van der Waals surface area contributed by atoms with Crippen molar-refractivity contribution < 1.29 is 9.66 Å². The second-order valence-electron chi connectivity index (χ2n) is 5.54. The number of ether oxygens (including phenoxy) is 1. The van der Waals surface area contributed by atoms with Crippen molar-refractivity contribution in [2.75, 3.05) is 13.2 Å². The standard InChI is InChI=1S/C16H24N2O3/c1-2-17-14-7-9-15(10-8-14)21-12-11-13-5-3-4-6-16(13)18(19)20/h3-6,14-15,17H,2,7-12H2,1H3. The van der Waals surface area contributed by atoms with Crippen molar-refractivity contribution in [3.05, 3.63) is 39.9 Å². The van der Waals surface area contributed by atoms with E-state index in [4.69, 9.17) is 4.74 Å². The van der Waals surface area contributed by atoms with Crippen molar-refractivity contribution in [3.63, 3.8) is 0 Å². The molecule has 0 atom stereocenters. The molecule has 5 heteroatoms. The summed E-state index contributed by atoms with van der Waals surface area (Å²) >= 11 is 0. The van der Waals surface area contributed by atoms with Crippen LogP contribution in [0.4, 0.5) is 5.69 Å². The third kappa shape index (κ3) is 4.79. The predicted molar refractivity (Wildman–Crippen MR) is 82.5 cm³/mol. The Labute approximate surface area is 125 Å². The highest BCUT2D eigenvalue weighted by Gasteiger charge is 2.21. The molecule has 5 nitrogen and oxygen atoms in total. The average molecular weight is 292 g/mol. The Morgan fingerprint density at radius 3 is 2.67 bits per heavy atom. The van der Waals surface area contributed by atoms with E-state index in [2.05, 4.69) is 12.2 Å². The summed E-state index contributed by atoms with van der Waals surface area (Å²) in [6.07, 6.45) is 5.38. The van der Waals surface area contributed by atoms with E-state index in [1.807, 2.05) is 12.1 Å². The maximum absolute atomic E-state index is 10.9. The molecular formula is C16H24N2O3. The van der Waals surface area contributed by atoms with E-state index in [1.54, 1.807) is 12.1 Å². The monoisotopic (exact) mass is 292 g/mol. The molecule has 0 radical (unpaired) electrons. The minimum Gasteiger partial charge on any atom is -0.378 e. The molecule has 116 valence electrons. The summed E-state index contributed by atoms with van der Waals surface area (Å²) in [5, 5.41) is 14.4. The van der Waals surface area contributed by atoms with Crippen LogP contribution in [0.5, 0.6) is 0 Å². The zero-order valence-corrected chi connectivity index (χ0v) is 12.6. The van der Waals surface area contributed by atoms with Gasteiger partial charge in [0.05, 0.1) is 17.6 Å². The molecule has 21 heavy (non-hydrogen) atoms. The molecule has 1 fully saturated rings. The lowest BCUT2D eigenvalue weighted by atomic mass is 9.93. The number of rotatable bonds is 7. The van der Waals surface area contributed by atoms with Crippen LogP contribution in [0, 0.1) is 10.1 Å². The van der Waals surface area contributed by atoms with Gasteiger partial charge in [-0.25, -0.2) is 0 Å². The Bertz CT molecular complexity index is 457. The lowest BCUT2D eigenvalue weighted by molar-refractivity contribution is -0.385. The first-order valence-corrected chi connectivity index (χ1v) is 7.78. The van der Waals surface area contributed by atoms with Gasteiger partial charge in [0.2, 0.25) is 0 Å². The van der Waals surface area contributed by atoms with E-state index in [9.17, 15) is 10.1 Å². The molecule has 0 aromatic heterocycles. The third-order valence-electron chi connectivity index (χ3n) is 4.08. The summed E-state index contributed by atoms with van der Waals surface area (Å²) in [6.45, 7) is 3.71. The van der Waals surface area contributed by atoms with Gasteiger partial charge >= 0.3 is 0 Å². The van der Waals surface area contributed by atoms with Gasteiger partial charge in [0.15, 0.2) is 0 Å². The maximum Gasteiger partial charge on any atom is 0.272 e. The number of hydrogen-bond donors (Lipinski definition) is 1. The van der Waals surface area contributed by atoms with Crippen molar-refractivity contribution in [1.29, 1.82) is 0 Å². The molecule has 1 N–H and O–H groups in total. The highest BCUT2D eigenvalue weighted by atomic mass is 16.6. The van der Waals surface area contributed by atoms with Gasteiger partial charge in [-0.15, -0.1) is 0 Å². The summed E-state index contributed by atoms with van der Waals surface area (Å²) in [6, 6.07) is 7.53. The van der Waals surface area contributed by atoms with Crippen LogP contribution in [0.1, 0.15) is 38.2 Å². The fourth-order valence-electron chi connectivity index (χ4n) is 2.96. The largest absolute Gasteiger partial charge is 0.378 e. The first-order valence-electron chi connectivity index (χ1n) is 7.78. The third-order valence-corrected chi connectivity index (χ3v) is 4.08.